The van der Waals surface area contributed by atoms with E-state index in [2.05, 4.69) is 4.18 Å². The fourth-order valence-electron chi connectivity index (χ4n) is 2.25. The number of halogens is 5. The Kier molecular flexibility index (Phi) is 6.02. The van der Waals surface area contributed by atoms with Crippen molar-refractivity contribution in [3.8, 4) is 0 Å². The Morgan fingerprint density at radius 1 is 1.12 bits per heavy atom. The second-order valence-corrected chi connectivity index (χ2v) is 6.81. The highest BCUT2D eigenvalue weighted by molar-refractivity contribution is 7.87. The second kappa shape index (κ2) is 7.52. The van der Waals surface area contributed by atoms with Crippen LogP contribution in [0.25, 0.3) is 0 Å². The highest BCUT2D eigenvalue weighted by Crippen LogP contribution is 2.36. The van der Waals surface area contributed by atoms with Gasteiger partial charge in [0.1, 0.15) is 0 Å². The Morgan fingerprint density at radius 2 is 1.68 bits per heavy atom. The van der Waals surface area contributed by atoms with E-state index < -0.39 is 40.4 Å². The lowest BCUT2D eigenvalue weighted by molar-refractivity contribution is -0.175. The van der Waals surface area contributed by atoms with E-state index in [1.807, 2.05) is 0 Å². The molecule has 1 saturated heterocycles. The summed E-state index contributed by atoms with van der Waals surface area (Å²) in [6, 6.07) is 8.31. The number of benzene rings is 1. The van der Waals surface area contributed by atoms with E-state index in [-0.39, 0.29) is 19.6 Å². The second-order valence-electron chi connectivity index (χ2n) is 5.17. The van der Waals surface area contributed by atoms with Crippen molar-refractivity contribution in [3.63, 3.8) is 0 Å². The van der Waals surface area contributed by atoms with Gasteiger partial charge in [0.15, 0.2) is 5.79 Å². The van der Waals surface area contributed by atoms with Crippen LogP contribution >= 0.6 is 0 Å². The maximum atomic E-state index is 13.3. The van der Waals surface area contributed by atoms with Gasteiger partial charge in [0.05, 0.1) is 19.8 Å². The topological polar surface area (TPSA) is 61.8 Å². The van der Waals surface area contributed by atoms with Crippen molar-refractivity contribution in [3.05, 3.63) is 35.9 Å². The predicted octanol–water partition coefficient (Wildman–Crippen LogP) is 2.82. The van der Waals surface area contributed by atoms with Gasteiger partial charge in [0.25, 0.3) is 5.50 Å². The molecule has 1 aromatic rings. The molecule has 1 heterocycles. The molecule has 2 rings (SSSR count). The first kappa shape index (κ1) is 20.0. The minimum Gasteiger partial charge on any atom is -0.343 e. The molecular formula is C14H15F5O5S. The molecule has 5 nitrogen and oxygen atoms in total. The molecule has 142 valence electrons. The van der Waals surface area contributed by atoms with Crippen LogP contribution < -0.4 is 0 Å². The van der Waals surface area contributed by atoms with E-state index in [1.165, 1.54) is 0 Å². The lowest BCUT2D eigenvalue weighted by Gasteiger charge is -2.28. The number of rotatable bonds is 8. The maximum absolute atomic E-state index is 13.3. The first-order valence-electron chi connectivity index (χ1n) is 7.13. The zero-order chi connectivity index (χ0) is 18.7. The summed E-state index contributed by atoms with van der Waals surface area (Å²) in [7, 11) is -5.57. The number of hydrogen-bond donors (Lipinski definition) is 0. The van der Waals surface area contributed by atoms with Crippen molar-refractivity contribution in [2.24, 2.45) is 0 Å². The average Bonchev–Trinajstić information content (AvgIpc) is 3.04. The third-order valence-electron chi connectivity index (χ3n) is 3.49. The molecular weight excluding hydrogens is 375 g/mol. The molecule has 0 radical (unpaired) electrons. The van der Waals surface area contributed by atoms with Crippen LogP contribution in [0.4, 0.5) is 22.0 Å². The molecule has 0 saturated carbocycles. The molecule has 1 unspecified atom stereocenters. The normalized spacial score (nSPS) is 19.3. The van der Waals surface area contributed by atoms with Crippen molar-refractivity contribution in [1.29, 1.82) is 0 Å². The zero-order valence-electron chi connectivity index (χ0n) is 12.7. The molecule has 0 N–H and O–H groups in total. The quantitative estimate of drug-likeness (QED) is 0.505. The first-order chi connectivity index (χ1) is 11.6. The van der Waals surface area contributed by atoms with Gasteiger partial charge in [-0.05, 0) is 0 Å². The maximum Gasteiger partial charge on any atom is 0.354 e. The fourth-order valence-corrected chi connectivity index (χ4v) is 3.17. The lowest BCUT2D eigenvalue weighted by atomic mass is 10.0. The van der Waals surface area contributed by atoms with E-state index >= 15 is 0 Å². The van der Waals surface area contributed by atoms with Gasteiger partial charge >= 0.3 is 22.5 Å². The molecule has 11 heteroatoms. The molecule has 1 aromatic carbocycles. The molecule has 0 aliphatic carbocycles. The van der Waals surface area contributed by atoms with Crippen molar-refractivity contribution in [2.75, 3.05) is 19.8 Å². The van der Waals surface area contributed by atoms with Crippen molar-refractivity contribution >= 4 is 10.1 Å². The number of hydrogen-bond acceptors (Lipinski definition) is 5. The van der Waals surface area contributed by atoms with Crippen LogP contribution in [0.1, 0.15) is 12.0 Å². The number of alkyl halides is 5. The van der Waals surface area contributed by atoms with Crippen LogP contribution in [-0.2, 0) is 29.6 Å². The molecule has 1 atom stereocenters. The summed E-state index contributed by atoms with van der Waals surface area (Å²) >= 11 is 0. The van der Waals surface area contributed by atoms with Gasteiger partial charge < -0.3 is 9.47 Å². The zero-order valence-corrected chi connectivity index (χ0v) is 13.5. The van der Waals surface area contributed by atoms with Gasteiger partial charge in [-0.1, -0.05) is 30.3 Å². The molecule has 0 aromatic heterocycles. The van der Waals surface area contributed by atoms with Crippen LogP contribution in [0, 0.1) is 0 Å². The third kappa shape index (κ3) is 4.27. The molecule has 0 spiro atoms. The largest absolute Gasteiger partial charge is 0.354 e. The van der Waals surface area contributed by atoms with Crippen LogP contribution in [0.15, 0.2) is 30.3 Å². The highest BCUT2D eigenvalue weighted by atomic mass is 32.2. The Morgan fingerprint density at radius 3 is 2.20 bits per heavy atom. The van der Waals surface area contributed by atoms with E-state index in [9.17, 15) is 30.4 Å². The Balaban J connectivity index is 2.05. The van der Waals surface area contributed by atoms with E-state index in [0.29, 0.717) is 5.56 Å². The van der Waals surface area contributed by atoms with E-state index in [1.54, 1.807) is 30.3 Å². The molecule has 1 aliphatic heterocycles. The van der Waals surface area contributed by atoms with Gasteiger partial charge in [-0.15, -0.1) is 0 Å². The Hall–Kier alpha value is -1.30. The third-order valence-corrected chi connectivity index (χ3v) is 4.81. The summed E-state index contributed by atoms with van der Waals surface area (Å²) in [5, 5.41) is 0. The molecule has 0 amide bonds. The predicted molar refractivity (Wildman–Crippen MR) is 75.4 cm³/mol. The molecule has 0 bridgehead atoms. The first-order valence-corrected chi connectivity index (χ1v) is 8.61. The van der Waals surface area contributed by atoms with Crippen molar-refractivity contribution in [2.45, 2.75) is 30.1 Å². The Labute approximate surface area is 140 Å². The monoisotopic (exact) mass is 390 g/mol. The standard InChI is InChI=1S/C14H15F5O5S/c15-11(16)14(18,19)12(17)25(20,21)24-7-6-13(22-8-9-23-13)10-4-2-1-3-5-10/h1-5,11-12H,6-9H2. The fraction of sp³-hybridized carbons (Fsp3) is 0.571. The van der Waals surface area contributed by atoms with Crippen LogP contribution in [0.2, 0.25) is 0 Å². The lowest BCUT2D eigenvalue weighted by Crippen LogP contribution is -2.43. The summed E-state index contributed by atoms with van der Waals surface area (Å²) in [6.45, 7) is -0.412. The van der Waals surface area contributed by atoms with Gasteiger partial charge in [-0.3, -0.25) is 4.18 Å². The summed E-state index contributed by atoms with van der Waals surface area (Å²) in [5.41, 5.74) is -3.67. The van der Waals surface area contributed by atoms with Crippen LogP contribution in [-0.4, -0.2) is 46.1 Å². The minimum absolute atomic E-state index is 0.191. The van der Waals surface area contributed by atoms with Crippen LogP contribution in [0.5, 0.6) is 0 Å². The number of ether oxygens (including phenoxy) is 2. The van der Waals surface area contributed by atoms with Crippen molar-refractivity contribution in [1.82, 2.24) is 0 Å². The van der Waals surface area contributed by atoms with Crippen molar-refractivity contribution < 1.29 is 44.0 Å². The van der Waals surface area contributed by atoms with E-state index in [4.69, 9.17) is 9.47 Å². The van der Waals surface area contributed by atoms with Gasteiger partial charge in [-0.25, -0.2) is 13.2 Å². The highest BCUT2D eigenvalue weighted by Gasteiger charge is 2.57. The SMILES string of the molecule is O=S(=O)(OCCC1(c2ccccc2)OCCO1)C(F)C(F)(F)C(F)F. The summed E-state index contributed by atoms with van der Waals surface area (Å²) in [5.74, 6) is -6.76. The summed E-state index contributed by atoms with van der Waals surface area (Å²) < 4.78 is 101. The average molecular weight is 390 g/mol. The molecule has 1 aliphatic rings. The smallest absolute Gasteiger partial charge is 0.343 e. The van der Waals surface area contributed by atoms with E-state index in [0.717, 1.165) is 0 Å². The molecule has 1 fully saturated rings. The van der Waals surface area contributed by atoms with Crippen LogP contribution in [0.3, 0.4) is 0 Å². The van der Waals surface area contributed by atoms with Gasteiger partial charge in [0, 0.05) is 12.0 Å². The van der Waals surface area contributed by atoms with Gasteiger partial charge in [-0.2, -0.15) is 17.2 Å². The van der Waals surface area contributed by atoms with Gasteiger partial charge in [0.2, 0.25) is 0 Å². The summed E-state index contributed by atoms with van der Waals surface area (Å²) in [6.07, 6.45) is -4.76. The minimum atomic E-state index is -5.57. The Bertz CT molecular complexity index is 661. The molecule has 25 heavy (non-hydrogen) atoms. The summed E-state index contributed by atoms with van der Waals surface area (Å²) in [4.78, 5) is 0.